The molecular formula is C18H22O5. The van der Waals surface area contributed by atoms with E-state index in [0.29, 0.717) is 19.4 Å². The van der Waals surface area contributed by atoms with Crippen LogP contribution in [0.5, 0.6) is 5.75 Å². The zero-order valence-corrected chi connectivity index (χ0v) is 13.5. The maximum Gasteiger partial charge on any atom is 0.323 e. The molecule has 23 heavy (non-hydrogen) atoms. The fourth-order valence-electron chi connectivity index (χ4n) is 2.69. The number of benzene rings is 1. The van der Waals surface area contributed by atoms with Gasteiger partial charge in [-0.1, -0.05) is 30.4 Å². The maximum absolute atomic E-state index is 12.3. The van der Waals surface area contributed by atoms with Gasteiger partial charge in [-0.3, -0.25) is 9.59 Å². The molecule has 124 valence electrons. The summed E-state index contributed by atoms with van der Waals surface area (Å²) in [5, 5.41) is 0. The topological polar surface area (TPSA) is 61.8 Å². The van der Waals surface area contributed by atoms with Crippen molar-refractivity contribution >= 4 is 18.0 Å². The number of hydrogen-bond acceptors (Lipinski definition) is 5. The second-order valence-electron chi connectivity index (χ2n) is 5.39. The molecule has 1 aromatic carbocycles. The van der Waals surface area contributed by atoms with Gasteiger partial charge in [0.15, 0.2) is 5.41 Å². The first-order chi connectivity index (χ1) is 11.1. The zero-order valence-electron chi connectivity index (χ0n) is 13.5. The Morgan fingerprint density at radius 2 is 2.17 bits per heavy atom. The Morgan fingerprint density at radius 1 is 1.39 bits per heavy atom. The molecule has 1 aliphatic heterocycles. The van der Waals surface area contributed by atoms with Gasteiger partial charge < -0.3 is 14.2 Å². The van der Waals surface area contributed by atoms with Crippen LogP contribution in [0, 0.1) is 5.41 Å². The molecule has 5 heteroatoms. The smallest absolute Gasteiger partial charge is 0.323 e. The molecule has 1 saturated heterocycles. The Labute approximate surface area is 136 Å². The summed E-state index contributed by atoms with van der Waals surface area (Å²) in [6, 6.07) is 7.55. The molecule has 0 amide bonds. The van der Waals surface area contributed by atoms with Gasteiger partial charge in [0.05, 0.1) is 20.3 Å². The van der Waals surface area contributed by atoms with Crippen LogP contribution in [0.2, 0.25) is 0 Å². The third-order valence-electron chi connectivity index (χ3n) is 3.94. The highest BCUT2D eigenvalue weighted by Gasteiger charge is 2.49. The lowest BCUT2D eigenvalue weighted by Gasteiger charge is -2.31. The standard InChI is InChI=1S/C18H22O5/c1-3-22-16(19)18(12-7-13-23-17(18)20)11-6-9-14-8-4-5-10-15(14)21-2/h4-6,8-10H,3,7,11-13H2,1-2H3/b9-6+/t18-/m0/s1. The Balaban J connectivity index is 2.20. The molecule has 2 rings (SSSR count). The van der Waals surface area contributed by atoms with E-state index in [9.17, 15) is 9.59 Å². The van der Waals surface area contributed by atoms with Crippen LogP contribution in [0.3, 0.4) is 0 Å². The number of ether oxygens (including phenoxy) is 3. The maximum atomic E-state index is 12.3. The monoisotopic (exact) mass is 318 g/mol. The molecule has 0 spiro atoms. The van der Waals surface area contributed by atoms with Crippen molar-refractivity contribution in [3.8, 4) is 5.75 Å². The molecule has 1 fully saturated rings. The number of carbonyl (C=O) groups is 2. The summed E-state index contributed by atoms with van der Waals surface area (Å²) in [7, 11) is 1.60. The highest BCUT2D eigenvalue weighted by atomic mass is 16.6. The van der Waals surface area contributed by atoms with Crippen LogP contribution in [0.1, 0.15) is 31.7 Å². The lowest BCUT2D eigenvalue weighted by molar-refractivity contribution is -0.177. The Bertz CT molecular complexity index is 593. The molecule has 0 saturated carbocycles. The number of methoxy groups -OCH3 is 1. The van der Waals surface area contributed by atoms with Crippen LogP contribution in [-0.2, 0) is 19.1 Å². The summed E-state index contributed by atoms with van der Waals surface area (Å²) in [5.74, 6) is -0.263. The number of rotatable bonds is 6. The van der Waals surface area contributed by atoms with Crippen molar-refractivity contribution in [3.05, 3.63) is 35.9 Å². The normalized spacial score (nSPS) is 21.0. The minimum atomic E-state index is -1.23. The van der Waals surface area contributed by atoms with Crippen LogP contribution < -0.4 is 4.74 Å². The van der Waals surface area contributed by atoms with Gasteiger partial charge in [0.1, 0.15) is 5.75 Å². The molecule has 0 unspecified atom stereocenters. The van der Waals surface area contributed by atoms with Crippen LogP contribution in [0.25, 0.3) is 6.08 Å². The highest BCUT2D eigenvalue weighted by molar-refractivity contribution is 6.00. The van der Waals surface area contributed by atoms with Gasteiger partial charge in [-0.05, 0) is 32.3 Å². The van der Waals surface area contributed by atoms with Gasteiger partial charge in [0.2, 0.25) is 0 Å². The number of esters is 2. The van der Waals surface area contributed by atoms with Crippen molar-refractivity contribution in [2.75, 3.05) is 20.3 Å². The summed E-state index contributed by atoms with van der Waals surface area (Å²) < 4.78 is 15.5. The van der Waals surface area contributed by atoms with Gasteiger partial charge in [-0.2, -0.15) is 0 Å². The number of hydrogen-bond donors (Lipinski definition) is 0. The van der Waals surface area contributed by atoms with Crippen molar-refractivity contribution in [2.45, 2.75) is 26.2 Å². The number of allylic oxidation sites excluding steroid dienone is 1. The Kier molecular flexibility index (Phi) is 5.79. The molecule has 1 heterocycles. The van der Waals surface area contributed by atoms with Crippen LogP contribution >= 0.6 is 0 Å². The highest BCUT2D eigenvalue weighted by Crippen LogP contribution is 2.36. The second kappa shape index (κ2) is 7.81. The van der Waals surface area contributed by atoms with E-state index < -0.39 is 17.4 Å². The first kappa shape index (κ1) is 17.1. The van der Waals surface area contributed by atoms with E-state index in [1.54, 1.807) is 20.1 Å². The lowest BCUT2D eigenvalue weighted by Crippen LogP contribution is -2.44. The third-order valence-corrected chi connectivity index (χ3v) is 3.94. The lowest BCUT2D eigenvalue weighted by atomic mass is 9.78. The SMILES string of the molecule is CCOC(=O)[C@]1(C/C=C/c2ccccc2OC)CCCOC1=O. The first-order valence-corrected chi connectivity index (χ1v) is 7.78. The van der Waals surface area contributed by atoms with Crippen molar-refractivity contribution < 1.29 is 23.8 Å². The predicted molar refractivity (Wildman–Crippen MR) is 85.9 cm³/mol. The van der Waals surface area contributed by atoms with Crippen LogP contribution in [0.15, 0.2) is 30.3 Å². The van der Waals surface area contributed by atoms with E-state index >= 15 is 0 Å². The fraction of sp³-hybridized carbons (Fsp3) is 0.444. The first-order valence-electron chi connectivity index (χ1n) is 7.78. The average Bonchev–Trinajstić information content (AvgIpc) is 2.57. The summed E-state index contributed by atoms with van der Waals surface area (Å²) in [5.41, 5.74) is -0.342. The summed E-state index contributed by atoms with van der Waals surface area (Å²) >= 11 is 0. The number of cyclic esters (lactones) is 1. The van der Waals surface area contributed by atoms with Crippen LogP contribution in [0.4, 0.5) is 0 Å². The van der Waals surface area contributed by atoms with E-state index in [1.165, 1.54) is 0 Å². The number of para-hydroxylation sites is 1. The average molecular weight is 318 g/mol. The van der Waals surface area contributed by atoms with Crippen molar-refractivity contribution in [1.82, 2.24) is 0 Å². The summed E-state index contributed by atoms with van der Waals surface area (Å²) in [6.07, 6.45) is 5.01. The minimum absolute atomic E-state index is 0.240. The van der Waals surface area contributed by atoms with E-state index in [4.69, 9.17) is 14.2 Å². The summed E-state index contributed by atoms with van der Waals surface area (Å²) in [6.45, 7) is 2.32. The second-order valence-corrected chi connectivity index (χ2v) is 5.39. The van der Waals surface area contributed by atoms with Crippen molar-refractivity contribution in [2.24, 2.45) is 5.41 Å². The molecule has 0 N–H and O–H groups in total. The molecule has 1 atom stereocenters. The largest absolute Gasteiger partial charge is 0.496 e. The van der Waals surface area contributed by atoms with E-state index in [1.807, 2.05) is 30.3 Å². The van der Waals surface area contributed by atoms with Gasteiger partial charge in [-0.25, -0.2) is 0 Å². The van der Waals surface area contributed by atoms with E-state index in [-0.39, 0.29) is 13.0 Å². The molecule has 0 radical (unpaired) electrons. The van der Waals surface area contributed by atoms with E-state index in [0.717, 1.165) is 11.3 Å². The Morgan fingerprint density at radius 3 is 2.87 bits per heavy atom. The molecule has 0 aliphatic carbocycles. The van der Waals surface area contributed by atoms with Gasteiger partial charge in [-0.15, -0.1) is 0 Å². The minimum Gasteiger partial charge on any atom is -0.496 e. The molecule has 0 aromatic heterocycles. The fourth-order valence-corrected chi connectivity index (χ4v) is 2.69. The van der Waals surface area contributed by atoms with Crippen molar-refractivity contribution in [3.63, 3.8) is 0 Å². The molecule has 1 aromatic rings. The third kappa shape index (κ3) is 3.73. The van der Waals surface area contributed by atoms with E-state index in [2.05, 4.69) is 0 Å². The molecule has 1 aliphatic rings. The molecule has 0 bridgehead atoms. The van der Waals surface area contributed by atoms with Gasteiger partial charge >= 0.3 is 11.9 Å². The Hall–Kier alpha value is -2.30. The van der Waals surface area contributed by atoms with Crippen molar-refractivity contribution in [1.29, 1.82) is 0 Å². The predicted octanol–water partition coefficient (Wildman–Crippen LogP) is 2.99. The molecule has 5 nitrogen and oxygen atoms in total. The van der Waals surface area contributed by atoms with Crippen LogP contribution in [-0.4, -0.2) is 32.3 Å². The zero-order chi connectivity index (χ0) is 16.7. The summed E-state index contributed by atoms with van der Waals surface area (Å²) in [4.78, 5) is 24.5. The number of carbonyl (C=O) groups excluding carboxylic acids is 2. The van der Waals surface area contributed by atoms with Gasteiger partial charge in [0.25, 0.3) is 0 Å². The quantitative estimate of drug-likeness (QED) is 0.596. The molecular weight excluding hydrogens is 296 g/mol. The van der Waals surface area contributed by atoms with Gasteiger partial charge in [0, 0.05) is 5.56 Å².